The highest BCUT2D eigenvalue weighted by Crippen LogP contribution is 2.20. The van der Waals surface area contributed by atoms with Gasteiger partial charge in [-0.2, -0.15) is 10.4 Å². The van der Waals surface area contributed by atoms with Crippen molar-refractivity contribution in [3.8, 4) is 6.07 Å². The van der Waals surface area contributed by atoms with Crippen LogP contribution in [-0.4, -0.2) is 10.2 Å². The van der Waals surface area contributed by atoms with Crippen LogP contribution in [0.1, 0.15) is 11.1 Å². The predicted octanol–water partition coefficient (Wildman–Crippen LogP) is 1.48. The van der Waals surface area contributed by atoms with E-state index >= 15 is 0 Å². The summed E-state index contributed by atoms with van der Waals surface area (Å²) >= 11 is 0. The maximum atomic E-state index is 8.77. The van der Waals surface area contributed by atoms with Crippen LogP contribution in [-0.2, 0) is 6.54 Å². The smallest absolute Gasteiger partial charge is 0.0992 e. The van der Waals surface area contributed by atoms with E-state index in [2.05, 4.69) is 21.6 Å². The van der Waals surface area contributed by atoms with Gasteiger partial charge in [0.2, 0.25) is 0 Å². The van der Waals surface area contributed by atoms with Gasteiger partial charge >= 0.3 is 0 Å². The molecule has 0 radical (unpaired) electrons. The van der Waals surface area contributed by atoms with E-state index in [1.165, 1.54) is 0 Å². The molecule has 0 fully saturated rings. The Morgan fingerprint density at radius 1 is 1.50 bits per heavy atom. The SMILES string of the molecule is N#Cc1ccc(N)c(NCc2cn[nH]c2)c1. The number of H-pyrrole nitrogens is 1. The topological polar surface area (TPSA) is 90.5 Å². The van der Waals surface area contributed by atoms with Gasteiger partial charge in [0.05, 0.1) is 29.2 Å². The van der Waals surface area contributed by atoms with Crippen LogP contribution in [0.4, 0.5) is 11.4 Å². The van der Waals surface area contributed by atoms with Crippen LogP contribution in [0.3, 0.4) is 0 Å². The summed E-state index contributed by atoms with van der Waals surface area (Å²) in [7, 11) is 0. The van der Waals surface area contributed by atoms with Gasteiger partial charge in [-0.25, -0.2) is 0 Å². The lowest BCUT2D eigenvalue weighted by Gasteiger charge is -2.08. The first-order valence-electron chi connectivity index (χ1n) is 4.81. The Hall–Kier alpha value is -2.48. The Balaban J connectivity index is 2.12. The predicted molar refractivity (Wildman–Crippen MR) is 61.5 cm³/mol. The molecule has 1 aromatic carbocycles. The molecule has 2 rings (SSSR count). The Bertz CT molecular complexity index is 510. The highest BCUT2D eigenvalue weighted by molar-refractivity contribution is 5.68. The second-order valence-electron chi connectivity index (χ2n) is 3.37. The molecule has 0 bridgehead atoms. The van der Waals surface area contributed by atoms with Crippen molar-refractivity contribution in [2.45, 2.75) is 6.54 Å². The van der Waals surface area contributed by atoms with Gasteiger partial charge in [-0.05, 0) is 18.2 Å². The average Bonchev–Trinajstić information content (AvgIpc) is 2.81. The second kappa shape index (κ2) is 4.36. The fourth-order valence-electron chi connectivity index (χ4n) is 1.35. The van der Waals surface area contributed by atoms with E-state index in [-0.39, 0.29) is 0 Å². The zero-order valence-electron chi connectivity index (χ0n) is 8.57. The number of nitrogen functional groups attached to an aromatic ring is 1. The van der Waals surface area contributed by atoms with Crippen molar-refractivity contribution in [3.05, 3.63) is 41.7 Å². The van der Waals surface area contributed by atoms with Gasteiger partial charge in [0.25, 0.3) is 0 Å². The van der Waals surface area contributed by atoms with Gasteiger partial charge in [-0.1, -0.05) is 0 Å². The molecule has 5 heteroatoms. The van der Waals surface area contributed by atoms with Gasteiger partial charge in [-0.15, -0.1) is 0 Å². The number of nitrogens with two attached hydrogens (primary N) is 1. The molecule has 0 amide bonds. The average molecular weight is 213 g/mol. The number of rotatable bonds is 3. The number of hydrogen-bond acceptors (Lipinski definition) is 4. The Morgan fingerprint density at radius 3 is 3.06 bits per heavy atom. The highest BCUT2D eigenvalue weighted by atomic mass is 15.1. The van der Waals surface area contributed by atoms with Crippen molar-refractivity contribution < 1.29 is 0 Å². The zero-order chi connectivity index (χ0) is 11.4. The Kier molecular flexibility index (Phi) is 2.74. The van der Waals surface area contributed by atoms with Crippen LogP contribution in [0.15, 0.2) is 30.6 Å². The number of hydrogen-bond donors (Lipinski definition) is 3. The van der Waals surface area contributed by atoms with E-state index in [4.69, 9.17) is 11.0 Å². The molecule has 0 spiro atoms. The molecule has 0 aliphatic rings. The summed E-state index contributed by atoms with van der Waals surface area (Å²) in [5.41, 5.74) is 8.80. The molecule has 0 aliphatic carbocycles. The molecular formula is C11H11N5. The minimum Gasteiger partial charge on any atom is -0.397 e. The van der Waals surface area contributed by atoms with Gasteiger partial charge in [0.15, 0.2) is 0 Å². The van der Waals surface area contributed by atoms with Crippen molar-refractivity contribution in [1.82, 2.24) is 10.2 Å². The van der Waals surface area contributed by atoms with E-state index in [9.17, 15) is 0 Å². The lowest BCUT2D eigenvalue weighted by molar-refractivity contribution is 1.09. The monoisotopic (exact) mass is 213 g/mol. The van der Waals surface area contributed by atoms with E-state index in [0.717, 1.165) is 11.3 Å². The van der Waals surface area contributed by atoms with Gasteiger partial charge in [0.1, 0.15) is 0 Å². The number of nitriles is 1. The van der Waals surface area contributed by atoms with Crippen molar-refractivity contribution in [2.75, 3.05) is 11.1 Å². The summed E-state index contributed by atoms with van der Waals surface area (Å²) < 4.78 is 0. The second-order valence-corrected chi connectivity index (χ2v) is 3.37. The lowest BCUT2D eigenvalue weighted by Crippen LogP contribution is -2.02. The molecule has 16 heavy (non-hydrogen) atoms. The van der Waals surface area contributed by atoms with Crippen LogP contribution >= 0.6 is 0 Å². The molecule has 0 aliphatic heterocycles. The fourth-order valence-corrected chi connectivity index (χ4v) is 1.35. The van der Waals surface area contributed by atoms with E-state index in [0.29, 0.717) is 17.8 Å². The molecule has 5 nitrogen and oxygen atoms in total. The number of anilines is 2. The molecule has 0 atom stereocenters. The molecule has 80 valence electrons. The molecule has 0 unspecified atom stereocenters. The third-order valence-electron chi connectivity index (χ3n) is 2.22. The highest BCUT2D eigenvalue weighted by Gasteiger charge is 2.01. The first kappa shape index (κ1) is 10.1. The molecule has 1 aromatic heterocycles. The summed E-state index contributed by atoms with van der Waals surface area (Å²) in [4.78, 5) is 0. The van der Waals surface area contributed by atoms with Crippen molar-refractivity contribution in [2.24, 2.45) is 0 Å². The fraction of sp³-hybridized carbons (Fsp3) is 0.0909. The molecule has 0 saturated carbocycles. The maximum Gasteiger partial charge on any atom is 0.0992 e. The number of nitrogens with one attached hydrogen (secondary N) is 2. The van der Waals surface area contributed by atoms with Crippen molar-refractivity contribution >= 4 is 11.4 Å². The Labute approximate surface area is 92.9 Å². The van der Waals surface area contributed by atoms with Crippen LogP contribution in [0.25, 0.3) is 0 Å². The summed E-state index contributed by atoms with van der Waals surface area (Å²) in [6.45, 7) is 0.621. The van der Waals surface area contributed by atoms with Crippen LogP contribution in [0.2, 0.25) is 0 Å². The zero-order valence-corrected chi connectivity index (χ0v) is 8.57. The molecule has 4 N–H and O–H groups in total. The number of nitrogens with zero attached hydrogens (tertiary/aromatic N) is 2. The van der Waals surface area contributed by atoms with Gasteiger partial charge < -0.3 is 11.1 Å². The van der Waals surface area contributed by atoms with Crippen LogP contribution in [0, 0.1) is 11.3 Å². The normalized spacial score (nSPS) is 9.69. The van der Waals surface area contributed by atoms with Crippen LogP contribution < -0.4 is 11.1 Å². The maximum absolute atomic E-state index is 8.77. The molecular weight excluding hydrogens is 202 g/mol. The third kappa shape index (κ3) is 2.12. The summed E-state index contributed by atoms with van der Waals surface area (Å²) in [6.07, 6.45) is 3.54. The molecule has 0 saturated heterocycles. The quantitative estimate of drug-likeness (QED) is 0.673. The first-order valence-corrected chi connectivity index (χ1v) is 4.81. The Morgan fingerprint density at radius 2 is 2.38 bits per heavy atom. The largest absolute Gasteiger partial charge is 0.397 e. The molecule has 2 aromatic rings. The van der Waals surface area contributed by atoms with E-state index in [1.54, 1.807) is 30.6 Å². The van der Waals surface area contributed by atoms with Crippen molar-refractivity contribution in [3.63, 3.8) is 0 Å². The van der Waals surface area contributed by atoms with Crippen molar-refractivity contribution in [1.29, 1.82) is 5.26 Å². The van der Waals surface area contributed by atoms with Crippen LogP contribution in [0.5, 0.6) is 0 Å². The minimum atomic E-state index is 0.587. The third-order valence-corrected chi connectivity index (χ3v) is 2.22. The summed E-state index contributed by atoms with van der Waals surface area (Å²) in [5, 5.41) is 18.5. The summed E-state index contributed by atoms with van der Waals surface area (Å²) in [6, 6.07) is 7.22. The number of aromatic amines is 1. The first-order chi connectivity index (χ1) is 7.79. The standard InChI is InChI=1S/C11H11N5/c12-4-8-1-2-10(13)11(3-8)14-5-9-6-15-16-7-9/h1-3,6-7,14H,5,13H2,(H,15,16). The van der Waals surface area contributed by atoms with E-state index in [1.807, 2.05) is 0 Å². The summed E-state index contributed by atoms with van der Waals surface area (Å²) in [5.74, 6) is 0. The van der Waals surface area contributed by atoms with Gasteiger partial charge in [-0.3, -0.25) is 5.10 Å². The minimum absolute atomic E-state index is 0.587. The number of aromatic nitrogens is 2. The van der Waals surface area contributed by atoms with Gasteiger partial charge in [0, 0.05) is 18.3 Å². The molecule has 1 heterocycles. The lowest BCUT2D eigenvalue weighted by atomic mass is 10.2. The number of benzene rings is 1. The van der Waals surface area contributed by atoms with E-state index < -0.39 is 0 Å².